The number of fused-ring (bicyclic) bond motifs is 1. The molecule has 0 aromatic heterocycles. The van der Waals surface area contributed by atoms with Gasteiger partial charge < -0.3 is 10.6 Å². The predicted octanol–water partition coefficient (Wildman–Crippen LogP) is 3.20. The molecule has 126 valence electrons. The van der Waals surface area contributed by atoms with Gasteiger partial charge in [-0.2, -0.15) is 0 Å². The lowest BCUT2D eigenvalue weighted by Gasteiger charge is -2.16. The first-order valence-corrected chi connectivity index (χ1v) is 8.03. The van der Waals surface area contributed by atoms with Crippen LogP contribution in [0.2, 0.25) is 0 Å². The fourth-order valence-electron chi connectivity index (χ4n) is 3.35. The van der Waals surface area contributed by atoms with Crippen molar-refractivity contribution in [3.05, 3.63) is 70.5 Å². The van der Waals surface area contributed by atoms with Crippen molar-refractivity contribution in [3.8, 4) is 0 Å². The lowest BCUT2D eigenvalue weighted by Crippen LogP contribution is -2.34. The summed E-state index contributed by atoms with van der Waals surface area (Å²) in [4.78, 5) is 12.6. The molecule has 1 heterocycles. The average molecular weight is 347 g/mol. The first kappa shape index (κ1) is 16.9. The minimum Gasteiger partial charge on any atom is -0.351 e. The van der Waals surface area contributed by atoms with Crippen molar-refractivity contribution in [2.45, 2.75) is 37.9 Å². The van der Waals surface area contributed by atoms with Crippen LogP contribution in [0.15, 0.2) is 42.5 Å². The summed E-state index contributed by atoms with van der Waals surface area (Å²) in [6, 6.07) is 12.7. The number of amides is 1. The fourth-order valence-corrected chi connectivity index (χ4v) is 3.35. The number of benzene rings is 2. The molecule has 0 saturated heterocycles. The van der Waals surface area contributed by atoms with Gasteiger partial charge in [0.05, 0.1) is 5.41 Å². The molecule has 1 fully saturated rings. The Hall–Kier alpha value is -1.91. The molecule has 1 amide bonds. The van der Waals surface area contributed by atoms with Crippen molar-refractivity contribution in [2.24, 2.45) is 0 Å². The number of carbonyl (C=O) groups is 1. The first-order chi connectivity index (χ1) is 11.2. The SMILES string of the molecule is Cl.O=C(NCc1ccc2c(c1)CNC2)C1(c2ccc(F)cc2)CC1. The van der Waals surface area contributed by atoms with E-state index in [1.54, 1.807) is 12.1 Å². The van der Waals surface area contributed by atoms with Gasteiger partial charge in [0.25, 0.3) is 0 Å². The second-order valence-corrected chi connectivity index (χ2v) is 6.48. The highest BCUT2D eigenvalue weighted by Crippen LogP contribution is 2.48. The average Bonchev–Trinajstić information content (AvgIpc) is 3.24. The van der Waals surface area contributed by atoms with E-state index in [4.69, 9.17) is 0 Å². The molecule has 24 heavy (non-hydrogen) atoms. The van der Waals surface area contributed by atoms with Gasteiger partial charge >= 0.3 is 0 Å². The van der Waals surface area contributed by atoms with Crippen molar-refractivity contribution in [1.82, 2.24) is 10.6 Å². The van der Waals surface area contributed by atoms with Gasteiger partial charge in [0.2, 0.25) is 5.91 Å². The Morgan fingerprint density at radius 2 is 1.79 bits per heavy atom. The smallest absolute Gasteiger partial charge is 0.230 e. The number of nitrogens with one attached hydrogen (secondary N) is 2. The van der Waals surface area contributed by atoms with Gasteiger partial charge in [0.15, 0.2) is 0 Å². The molecule has 1 aliphatic carbocycles. The van der Waals surface area contributed by atoms with Crippen LogP contribution in [0.25, 0.3) is 0 Å². The first-order valence-electron chi connectivity index (χ1n) is 8.03. The van der Waals surface area contributed by atoms with Crippen molar-refractivity contribution in [1.29, 1.82) is 0 Å². The minimum atomic E-state index is -0.452. The van der Waals surface area contributed by atoms with E-state index in [9.17, 15) is 9.18 Å². The molecule has 1 aliphatic heterocycles. The number of carbonyl (C=O) groups excluding carboxylic acids is 1. The zero-order valence-corrected chi connectivity index (χ0v) is 14.1. The largest absolute Gasteiger partial charge is 0.351 e. The van der Waals surface area contributed by atoms with E-state index < -0.39 is 5.41 Å². The lowest BCUT2D eigenvalue weighted by atomic mass is 9.95. The molecule has 3 nitrogen and oxygen atoms in total. The maximum atomic E-state index is 13.1. The van der Waals surface area contributed by atoms with E-state index in [-0.39, 0.29) is 24.1 Å². The third-order valence-electron chi connectivity index (χ3n) is 4.94. The highest BCUT2D eigenvalue weighted by Gasteiger charge is 2.51. The number of rotatable bonds is 4. The van der Waals surface area contributed by atoms with Crippen LogP contribution >= 0.6 is 12.4 Å². The number of hydrogen-bond acceptors (Lipinski definition) is 2. The standard InChI is InChI=1S/C19H19FN2O.ClH/c20-17-5-3-16(4-6-17)19(7-8-19)18(23)22-10-13-1-2-14-11-21-12-15(14)9-13;/h1-6,9,21H,7-8,10-12H2,(H,22,23);1H. The molecule has 2 aromatic rings. The van der Waals surface area contributed by atoms with E-state index in [2.05, 4.69) is 28.8 Å². The highest BCUT2D eigenvalue weighted by molar-refractivity contribution is 5.91. The van der Waals surface area contributed by atoms with Crippen LogP contribution in [-0.2, 0) is 29.8 Å². The molecular formula is C19H20ClFN2O. The molecule has 0 bridgehead atoms. The molecule has 2 N–H and O–H groups in total. The van der Waals surface area contributed by atoms with Crippen LogP contribution < -0.4 is 10.6 Å². The summed E-state index contributed by atoms with van der Waals surface area (Å²) in [6.45, 7) is 2.36. The number of halogens is 2. The summed E-state index contributed by atoms with van der Waals surface area (Å²) in [7, 11) is 0. The van der Waals surface area contributed by atoms with Crippen LogP contribution in [0.5, 0.6) is 0 Å². The summed E-state index contributed by atoms with van der Waals surface area (Å²) >= 11 is 0. The summed E-state index contributed by atoms with van der Waals surface area (Å²) in [6.07, 6.45) is 1.66. The summed E-state index contributed by atoms with van der Waals surface area (Å²) in [5.41, 5.74) is 4.23. The summed E-state index contributed by atoms with van der Waals surface area (Å²) in [5.74, 6) is -0.223. The van der Waals surface area contributed by atoms with Crippen molar-refractivity contribution < 1.29 is 9.18 Å². The number of hydrogen-bond donors (Lipinski definition) is 2. The van der Waals surface area contributed by atoms with Gasteiger partial charge in [0, 0.05) is 19.6 Å². The zero-order chi connectivity index (χ0) is 15.9. The van der Waals surface area contributed by atoms with Gasteiger partial charge in [-0.25, -0.2) is 4.39 Å². The Kier molecular flexibility index (Phi) is 4.61. The van der Waals surface area contributed by atoms with Crippen LogP contribution in [0.1, 0.15) is 35.1 Å². The zero-order valence-electron chi connectivity index (χ0n) is 13.3. The van der Waals surface area contributed by atoms with Gasteiger partial charge in [-0.3, -0.25) is 4.79 Å². The lowest BCUT2D eigenvalue weighted by molar-refractivity contribution is -0.123. The maximum absolute atomic E-state index is 13.1. The van der Waals surface area contributed by atoms with Crippen LogP contribution in [-0.4, -0.2) is 5.91 Å². The topological polar surface area (TPSA) is 41.1 Å². The van der Waals surface area contributed by atoms with Gasteiger partial charge in [-0.05, 0) is 47.2 Å². The van der Waals surface area contributed by atoms with Crippen molar-refractivity contribution in [3.63, 3.8) is 0 Å². The Morgan fingerprint density at radius 1 is 1.08 bits per heavy atom. The van der Waals surface area contributed by atoms with Gasteiger partial charge in [-0.15, -0.1) is 12.4 Å². The molecule has 4 rings (SSSR count). The van der Waals surface area contributed by atoms with Crippen LogP contribution in [0.3, 0.4) is 0 Å². The Labute approximate surface area is 147 Å². The monoisotopic (exact) mass is 346 g/mol. The van der Waals surface area contributed by atoms with E-state index in [1.165, 1.54) is 23.3 Å². The normalized spacial score (nSPS) is 16.9. The predicted molar refractivity (Wildman–Crippen MR) is 93.4 cm³/mol. The molecule has 2 aliphatic rings. The quantitative estimate of drug-likeness (QED) is 0.892. The molecule has 1 saturated carbocycles. The molecule has 0 spiro atoms. The molecule has 2 aromatic carbocycles. The van der Waals surface area contributed by atoms with E-state index >= 15 is 0 Å². The summed E-state index contributed by atoms with van der Waals surface area (Å²) in [5, 5.41) is 6.38. The van der Waals surface area contributed by atoms with Crippen LogP contribution in [0, 0.1) is 5.82 Å². The third kappa shape index (κ3) is 3.04. The van der Waals surface area contributed by atoms with E-state index in [1.807, 2.05) is 0 Å². The Balaban J connectivity index is 0.00000169. The fraction of sp³-hybridized carbons (Fsp3) is 0.316. The molecule has 0 unspecified atom stereocenters. The summed E-state index contributed by atoms with van der Waals surface area (Å²) < 4.78 is 13.1. The van der Waals surface area contributed by atoms with Crippen LogP contribution in [0.4, 0.5) is 4.39 Å². The Morgan fingerprint density at radius 3 is 2.50 bits per heavy atom. The maximum Gasteiger partial charge on any atom is 0.230 e. The van der Waals surface area contributed by atoms with Crippen molar-refractivity contribution >= 4 is 18.3 Å². The molecule has 0 radical (unpaired) electrons. The second-order valence-electron chi connectivity index (χ2n) is 6.48. The second kappa shape index (κ2) is 6.54. The van der Waals surface area contributed by atoms with Crippen molar-refractivity contribution in [2.75, 3.05) is 0 Å². The molecule has 0 atom stereocenters. The minimum absolute atomic E-state index is 0. The van der Waals surface area contributed by atoms with E-state index in [0.717, 1.165) is 37.1 Å². The Bertz CT molecular complexity index is 756. The van der Waals surface area contributed by atoms with Gasteiger partial charge in [-0.1, -0.05) is 30.3 Å². The molecule has 5 heteroatoms. The molecular weight excluding hydrogens is 327 g/mol. The third-order valence-corrected chi connectivity index (χ3v) is 4.94. The highest BCUT2D eigenvalue weighted by atomic mass is 35.5. The van der Waals surface area contributed by atoms with Gasteiger partial charge in [0.1, 0.15) is 5.82 Å². The van der Waals surface area contributed by atoms with E-state index in [0.29, 0.717) is 6.54 Å².